The van der Waals surface area contributed by atoms with Crippen molar-refractivity contribution in [1.82, 2.24) is 0 Å². The van der Waals surface area contributed by atoms with Crippen LogP contribution in [0.25, 0.3) is 0 Å². The van der Waals surface area contributed by atoms with E-state index >= 15 is 0 Å². The molecule has 142 valence electrons. The maximum absolute atomic E-state index is 12.6. The number of para-hydroxylation sites is 1. The Morgan fingerprint density at radius 2 is 1.67 bits per heavy atom. The molecule has 0 unspecified atom stereocenters. The lowest BCUT2D eigenvalue weighted by molar-refractivity contribution is -0.120. The number of nitrogens with one attached hydrogen (secondary N) is 2. The molecule has 0 atom stereocenters. The summed E-state index contributed by atoms with van der Waals surface area (Å²) >= 11 is 0. The SMILES string of the molecule is CC(=O)Nc1cccc(N(CC(=O)Nc2ccccc2C(C)C)C(C)=O)c1. The molecule has 6 heteroatoms. The Morgan fingerprint density at radius 1 is 0.963 bits per heavy atom. The average Bonchev–Trinajstić information content (AvgIpc) is 2.59. The summed E-state index contributed by atoms with van der Waals surface area (Å²) in [4.78, 5) is 37.3. The minimum absolute atomic E-state index is 0.120. The first kappa shape index (κ1) is 20.2. The van der Waals surface area contributed by atoms with Gasteiger partial charge in [-0.1, -0.05) is 38.1 Å². The number of benzene rings is 2. The topological polar surface area (TPSA) is 78.5 Å². The van der Waals surface area contributed by atoms with E-state index in [9.17, 15) is 14.4 Å². The van der Waals surface area contributed by atoms with Crippen LogP contribution in [0.5, 0.6) is 0 Å². The van der Waals surface area contributed by atoms with E-state index in [1.54, 1.807) is 24.3 Å². The van der Waals surface area contributed by atoms with Gasteiger partial charge in [0, 0.05) is 30.9 Å². The van der Waals surface area contributed by atoms with Crippen LogP contribution in [0.15, 0.2) is 48.5 Å². The van der Waals surface area contributed by atoms with Gasteiger partial charge >= 0.3 is 0 Å². The lowest BCUT2D eigenvalue weighted by Crippen LogP contribution is -2.36. The van der Waals surface area contributed by atoms with Gasteiger partial charge in [-0.15, -0.1) is 0 Å². The van der Waals surface area contributed by atoms with E-state index < -0.39 is 0 Å². The fraction of sp³-hybridized carbons (Fsp3) is 0.286. The molecule has 2 rings (SSSR count). The predicted octanol–water partition coefficient (Wildman–Crippen LogP) is 3.76. The third-order valence-corrected chi connectivity index (χ3v) is 4.02. The number of carbonyl (C=O) groups is 3. The van der Waals surface area contributed by atoms with E-state index in [0.29, 0.717) is 11.4 Å². The van der Waals surface area contributed by atoms with Gasteiger partial charge in [-0.3, -0.25) is 14.4 Å². The minimum atomic E-state index is -0.289. The highest BCUT2D eigenvalue weighted by atomic mass is 16.2. The summed E-state index contributed by atoms with van der Waals surface area (Å²) in [6.07, 6.45) is 0. The van der Waals surface area contributed by atoms with E-state index in [2.05, 4.69) is 24.5 Å². The molecule has 0 saturated carbocycles. The van der Waals surface area contributed by atoms with Gasteiger partial charge in [-0.25, -0.2) is 0 Å². The molecule has 0 saturated heterocycles. The first-order valence-electron chi connectivity index (χ1n) is 8.82. The van der Waals surface area contributed by atoms with Gasteiger partial charge in [0.05, 0.1) is 0 Å². The van der Waals surface area contributed by atoms with Gasteiger partial charge in [-0.2, -0.15) is 0 Å². The molecule has 0 heterocycles. The number of hydrogen-bond donors (Lipinski definition) is 2. The Balaban J connectivity index is 2.18. The van der Waals surface area contributed by atoms with Crippen molar-refractivity contribution in [1.29, 1.82) is 0 Å². The Labute approximate surface area is 159 Å². The van der Waals surface area contributed by atoms with Crippen LogP contribution in [0.1, 0.15) is 39.2 Å². The number of nitrogens with zero attached hydrogens (tertiary/aromatic N) is 1. The van der Waals surface area contributed by atoms with Gasteiger partial charge in [0.2, 0.25) is 17.7 Å². The van der Waals surface area contributed by atoms with Crippen LogP contribution in [0.2, 0.25) is 0 Å². The highest BCUT2D eigenvalue weighted by molar-refractivity contribution is 6.02. The van der Waals surface area contributed by atoms with Crippen molar-refractivity contribution in [3.8, 4) is 0 Å². The molecule has 0 aliphatic heterocycles. The highest BCUT2D eigenvalue weighted by Gasteiger charge is 2.17. The zero-order valence-electron chi connectivity index (χ0n) is 16.1. The van der Waals surface area contributed by atoms with Crippen LogP contribution in [-0.2, 0) is 14.4 Å². The maximum Gasteiger partial charge on any atom is 0.244 e. The number of amides is 3. The van der Waals surface area contributed by atoms with Crippen LogP contribution in [-0.4, -0.2) is 24.3 Å². The summed E-state index contributed by atoms with van der Waals surface area (Å²) in [5.41, 5.74) is 2.89. The molecule has 2 aromatic rings. The third-order valence-electron chi connectivity index (χ3n) is 4.02. The first-order valence-corrected chi connectivity index (χ1v) is 8.82. The lowest BCUT2D eigenvalue weighted by atomic mass is 10.0. The second-order valence-corrected chi connectivity index (χ2v) is 6.63. The Bertz CT molecular complexity index is 846. The number of carbonyl (C=O) groups excluding carboxylic acids is 3. The van der Waals surface area contributed by atoms with Crippen molar-refractivity contribution < 1.29 is 14.4 Å². The Morgan fingerprint density at radius 3 is 2.30 bits per heavy atom. The fourth-order valence-corrected chi connectivity index (χ4v) is 2.79. The van der Waals surface area contributed by atoms with Crippen molar-refractivity contribution in [2.75, 3.05) is 22.1 Å². The molecule has 27 heavy (non-hydrogen) atoms. The van der Waals surface area contributed by atoms with E-state index in [0.717, 1.165) is 11.3 Å². The van der Waals surface area contributed by atoms with Gasteiger partial charge in [0.1, 0.15) is 6.54 Å². The molecule has 0 fully saturated rings. The zero-order chi connectivity index (χ0) is 20.0. The Hall–Kier alpha value is -3.15. The van der Waals surface area contributed by atoms with Crippen molar-refractivity contribution in [3.05, 3.63) is 54.1 Å². The third kappa shape index (κ3) is 5.67. The minimum Gasteiger partial charge on any atom is -0.326 e. The first-order chi connectivity index (χ1) is 12.8. The molecule has 0 aliphatic rings. The second kappa shape index (κ2) is 8.98. The number of anilines is 3. The lowest BCUT2D eigenvalue weighted by Gasteiger charge is -2.22. The molecule has 0 aromatic heterocycles. The van der Waals surface area contributed by atoms with Crippen LogP contribution < -0.4 is 15.5 Å². The normalized spacial score (nSPS) is 10.4. The van der Waals surface area contributed by atoms with Crippen molar-refractivity contribution in [2.24, 2.45) is 0 Å². The molecule has 6 nitrogen and oxygen atoms in total. The van der Waals surface area contributed by atoms with Gasteiger partial charge in [0.25, 0.3) is 0 Å². The number of hydrogen-bond acceptors (Lipinski definition) is 3. The molecular formula is C21H25N3O3. The fourth-order valence-electron chi connectivity index (χ4n) is 2.79. The van der Waals surface area contributed by atoms with Crippen molar-refractivity contribution >= 4 is 34.8 Å². The largest absolute Gasteiger partial charge is 0.326 e. The quantitative estimate of drug-likeness (QED) is 0.816. The molecular weight excluding hydrogens is 342 g/mol. The van der Waals surface area contributed by atoms with Gasteiger partial charge < -0.3 is 15.5 Å². The zero-order valence-corrected chi connectivity index (χ0v) is 16.1. The maximum atomic E-state index is 12.6. The highest BCUT2D eigenvalue weighted by Crippen LogP contribution is 2.24. The summed E-state index contributed by atoms with van der Waals surface area (Å²) in [7, 11) is 0. The van der Waals surface area contributed by atoms with Crippen molar-refractivity contribution in [3.63, 3.8) is 0 Å². The van der Waals surface area contributed by atoms with Crippen LogP contribution in [0.4, 0.5) is 17.1 Å². The van der Waals surface area contributed by atoms with Crippen LogP contribution >= 0.6 is 0 Å². The summed E-state index contributed by atoms with van der Waals surface area (Å²) in [6, 6.07) is 14.5. The van der Waals surface area contributed by atoms with Crippen LogP contribution in [0, 0.1) is 0 Å². The molecule has 2 aromatic carbocycles. The predicted molar refractivity (Wildman–Crippen MR) is 108 cm³/mol. The van der Waals surface area contributed by atoms with E-state index in [1.165, 1.54) is 18.7 Å². The molecule has 3 amide bonds. The molecule has 0 radical (unpaired) electrons. The molecule has 0 aliphatic carbocycles. The summed E-state index contributed by atoms with van der Waals surface area (Å²) in [5.74, 6) is -0.491. The number of rotatable bonds is 6. The van der Waals surface area contributed by atoms with E-state index in [-0.39, 0.29) is 30.2 Å². The second-order valence-electron chi connectivity index (χ2n) is 6.63. The van der Waals surface area contributed by atoms with E-state index in [1.807, 2.05) is 24.3 Å². The Kier molecular flexibility index (Phi) is 6.71. The smallest absolute Gasteiger partial charge is 0.244 e. The molecule has 2 N–H and O–H groups in total. The van der Waals surface area contributed by atoms with Crippen molar-refractivity contribution in [2.45, 2.75) is 33.6 Å². The van der Waals surface area contributed by atoms with Gasteiger partial charge in [0.15, 0.2) is 0 Å². The van der Waals surface area contributed by atoms with E-state index in [4.69, 9.17) is 0 Å². The average molecular weight is 367 g/mol. The summed E-state index contributed by atoms with van der Waals surface area (Å²) in [5, 5.41) is 5.57. The van der Waals surface area contributed by atoms with Crippen LogP contribution in [0.3, 0.4) is 0 Å². The molecule has 0 spiro atoms. The molecule has 0 bridgehead atoms. The summed E-state index contributed by atoms with van der Waals surface area (Å²) in [6.45, 7) is 6.81. The van der Waals surface area contributed by atoms with Gasteiger partial charge in [-0.05, 0) is 35.7 Å². The summed E-state index contributed by atoms with van der Waals surface area (Å²) < 4.78 is 0. The monoisotopic (exact) mass is 367 g/mol. The standard InChI is InChI=1S/C21H25N3O3/c1-14(2)19-10-5-6-11-20(19)23-21(27)13-24(16(4)26)18-9-7-8-17(12-18)22-15(3)25/h5-12,14H,13H2,1-4H3,(H,22,25)(H,23,27).